The molecule has 1 fully saturated rings. The molecule has 2 nitrogen and oxygen atoms in total. The lowest BCUT2D eigenvalue weighted by Gasteiger charge is -2.08. The normalized spacial score (nSPS) is 19.5. The van der Waals surface area contributed by atoms with Gasteiger partial charge >= 0.3 is 0 Å². The first-order valence-electron chi connectivity index (χ1n) is 5.14. The van der Waals surface area contributed by atoms with Crippen LogP contribution in [0.25, 0.3) is 0 Å². The molecule has 1 aliphatic rings. The van der Waals surface area contributed by atoms with Crippen LogP contribution in [0.4, 0.5) is 0 Å². The average molecular weight is 203 g/mol. The Bertz CT molecular complexity index is 225. The van der Waals surface area contributed by atoms with E-state index in [9.17, 15) is 8.42 Å². The van der Waals surface area contributed by atoms with Gasteiger partial charge in [-0.05, 0) is 18.8 Å². The Kier molecular flexibility index (Phi) is 4.23. The van der Waals surface area contributed by atoms with Gasteiger partial charge in [-0.15, -0.1) is 0 Å². The molecule has 0 spiro atoms. The van der Waals surface area contributed by atoms with Gasteiger partial charge in [0.2, 0.25) is 0 Å². The zero-order chi connectivity index (χ0) is 9.73. The quantitative estimate of drug-likeness (QED) is 0.686. The van der Waals surface area contributed by atoms with Crippen LogP contribution >= 0.6 is 0 Å². The van der Waals surface area contributed by atoms with E-state index in [1.807, 2.05) is 0 Å². The molecule has 0 bridgehead atoms. The third-order valence-corrected chi connectivity index (χ3v) is 4.54. The fourth-order valence-electron chi connectivity index (χ4n) is 1.97. The lowest BCUT2D eigenvalue weighted by atomic mass is 10.1. The molecule has 77 valence electrons. The van der Waals surface area contributed by atoms with E-state index in [0.717, 1.165) is 6.42 Å². The zero-order valence-electron chi connectivity index (χ0n) is 8.17. The first-order chi connectivity index (χ1) is 6.14. The minimum atomic E-state index is -2.78. The Morgan fingerprint density at radius 1 is 1.15 bits per heavy atom. The van der Waals surface area contributed by atoms with Gasteiger partial charge in [0.1, 0.15) is 9.84 Å². The number of sulfone groups is 1. The average Bonchev–Trinajstić information content (AvgIpc) is 2.52. The van der Waals surface area contributed by atoms with Gasteiger partial charge in [0.05, 0.1) is 11.5 Å². The summed E-state index contributed by atoms with van der Waals surface area (Å²) in [7, 11) is -2.78. The predicted octanol–water partition coefficient (Wildman–Crippen LogP) is 2.21. The summed E-state index contributed by atoms with van der Waals surface area (Å²) in [5, 5.41) is 0. The van der Waals surface area contributed by atoms with E-state index >= 15 is 0 Å². The van der Waals surface area contributed by atoms with Crippen LogP contribution in [0.15, 0.2) is 0 Å². The molecule has 0 aromatic heterocycles. The van der Waals surface area contributed by atoms with E-state index in [4.69, 9.17) is 0 Å². The molecule has 1 aliphatic carbocycles. The van der Waals surface area contributed by atoms with Crippen molar-refractivity contribution < 1.29 is 8.42 Å². The van der Waals surface area contributed by atoms with E-state index in [1.54, 1.807) is 0 Å². The van der Waals surface area contributed by atoms with Crippen LogP contribution in [-0.2, 0) is 9.84 Å². The number of rotatable bonds is 5. The molecule has 3 heteroatoms. The maximum absolute atomic E-state index is 11.3. The molecule has 0 aliphatic heterocycles. The highest BCUT2D eigenvalue weighted by Gasteiger charge is 2.18. The molecule has 0 amide bonds. The van der Waals surface area contributed by atoms with Crippen LogP contribution in [0.3, 0.4) is 0 Å². The van der Waals surface area contributed by atoms with E-state index in [1.165, 1.54) is 25.7 Å². The Morgan fingerprint density at radius 3 is 2.31 bits per heavy atom. The molecular weight excluding hydrogens is 184 g/mol. The van der Waals surface area contributed by atoms with Crippen molar-refractivity contribution in [1.29, 1.82) is 0 Å². The molecule has 0 N–H and O–H groups in total. The standard InChI is InChI=1S/C10H19O2S/c1-2-8-13(11,12)9-7-10-5-3-4-6-10/h10H,1-9H2. The minimum Gasteiger partial charge on any atom is -0.229 e. The van der Waals surface area contributed by atoms with Gasteiger partial charge in [0.25, 0.3) is 0 Å². The molecule has 0 saturated heterocycles. The summed E-state index contributed by atoms with van der Waals surface area (Å²) in [5.74, 6) is 1.33. The van der Waals surface area contributed by atoms with Crippen molar-refractivity contribution in [2.45, 2.75) is 38.5 Å². The summed E-state index contributed by atoms with van der Waals surface area (Å²) in [6.07, 6.45) is 6.44. The van der Waals surface area contributed by atoms with Gasteiger partial charge < -0.3 is 0 Å². The second-order valence-electron chi connectivity index (χ2n) is 3.94. The second kappa shape index (κ2) is 4.99. The largest absolute Gasteiger partial charge is 0.229 e. The molecule has 1 radical (unpaired) electrons. The Hall–Kier alpha value is -0.0500. The van der Waals surface area contributed by atoms with Crippen molar-refractivity contribution in [3.8, 4) is 0 Å². The van der Waals surface area contributed by atoms with Crippen molar-refractivity contribution in [3.05, 3.63) is 6.92 Å². The molecule has 0 aromatic carbocycles. The second-order valence-corrected chi connectivity index (χ2v) is 6.25. The number of hydrogen-bond acceptors (Lipinski definition) is 2. The van der Waals surface area contributed by atoms with Crippen LogP contribution < -0.4 is 0 Å². The van der Waals surface area contributed by atoms with Crippen molar-refractivity contribution in [2.24, 2.45) is 5.92 Å². The SMILES string of the molecule is [CH2]CCS(=O)(=O)CCC1CCCC1. The third-order valence-electron chi connectivity index (χ3n) is 2.77. The van der Waals surface area contributed by atoms with E-state index < -0.39 is 9.84 Å². The maximum Gasteiger partial charge on any atom is 0.150 e. The highest BCUT2D eigenvalue weighted by Crippen LogP contribution is 2.27. The predicted molar refractivity (Wildman–Crippen MR) is 55.2 cm³/mol. The van der Waals surface area contributed by atoms with Gasteiger partial charge in [-0.25, -0.2) is 8.42 Å². The van der Waals surface area contributed by atoms with Crippen LogP contribution in [0.2, 0.25) is 0 Å². The molecule has 0 aromatic rings. The van der Waals surface area contributed by atoms with Gasteiger partial charge in [-0.3, -0.25) is 0 Å². The summed E-state index contributed by atoms with van der Waals surface area (Å²) < 4.78 is 22.7. The lowest BCUT2D eigenvalue weighted by molar-refractivity contribution is 0.521. The van der Waals surface area contributed by atoms with E-state index in [2.05, 4.69) is 6.92 Å². The first-order valence-corrected chi connectivity index (χ1v) is 6.96. The highest BCUT2D eigenvalue weighted by atomic mass is 32.2. The molecule has 1 saturated carbocycles. The topological polar surface area (TPSA) is 34.1 Å². The van der Waals surface area contributed by atoms with Gasteiger partial charge in [-0.1, -0.05) is 32.6 Å². The fraction of sp³-hybridized carbons (Fsp3) is 0.900. The third kappa shape index (κ3) is 4.12. The molecule has 0 atom stereocenters. The van der Waals surface area contributed by atoms with Gasteiger partial charge in [-0.2, -0.15) is 0 Å². The van der Waals surface area contributed by atoms with Crippen molar-refractivity contribution in [2.75, 3.05) is 11.5 Å². The van der Waals surface area contributed by atoms with E-state index in [0.29, 0.717) is 18.1 Å². The highest BCUT2D eigenvalue weighted by molar-refractivity contribution is 7.91. The number of hydrogen-bond donors (Lipinski definition) is 0. The summed E-state index contributed by atoms with van der Waals surface area (Å²) in [6.45, 7) is 3.57. The molecular formula is C10H19O2S. The summed E-state index contributed by atoms with van der Waals surface area (Å²) in [6, 6.07) is 0. The van der Waals surface area contributed by atoms with Crippen LogP contribution in [0.1, 0.15) is 38.5 Å². The van der Waals surface area contributed by atoms with Gasteiger partial charge in [0.15, 0.2) is 0 Å². The monoisotopic (exact) mass is 203 g/mol. The summed E-state index contributed by atoms with van der Waals surface area (Å²) >= 11 is 0. The van der Waals surface area contributed by atoms with Crippen LogP contribution in [-0.4, -0.2) is 19.9 Å². The minimum absolute atomic E-state index is 0.264. The fourth-order valence-corrected chi connectivity index (χ4v) is 3.30. The molecule has 13 heavy (non-hydrogen) atoms. The van der Waals surface area contributed by atoms with Crippen molar-refractivity contribution in [1.82, 2.24) is 0 Å². The molecule has 0 heterocycles. The van der Waals surface area contributed by atoms with Crippen LogP contribution in [0.5, 0.6) is 0 Å². The Morgan fingerprint density at radius 2 is 1.77 bits per heavy atom. The lowest BCUT2D eigenvalue weighted by Crippen LogP contribution is -2.13. The van der Waals surface area contributed by atoms with Crippen LogP contribution in [0, 0.1) is 12.8 Å². The maximum atomic E-state index is 11.3. The van der Waals surface area contributed by atoms with Crippen molar-refractivity contribution in [3.63, 3.8) is 0 Å². The smallest absolute Gasteiger partial charge is 0.150 e. The van der Waals surface area contributed by atoms with Crippen molar-refractivity contribution >= 4 is 9.84 Å². The molecule has 0 unspecified atom stereocenters. The Labute approximate surface area is 81.6 Å². The summed E-state index contributed by atoms with van der Waals surface area (Å²) in [4.78, 5) is 0. The zero-order valence-corrected chi connectivity index (χ0v) is 8.98. The molecule has 1 rings (SSSR count). The first kappa shape index (κ1) is 11.0. The van der Waals surface area contributed by atoms with E-state index in [-0.39, 0.29) is 5.75 Å². The van der Waals surface area contributed by atoms with Gasteiger partial charge in [0, 0.05) is 0 Å². The Balaban J connectivity index is 2.24. The summed E-state index contributed by atoms with van der Waals surface area (Å²) in [5.41, 5.74) is 0.